The maximum Gasteiger partial charge on any atom is 0.488 e. The smallest absolute Gasteiger partial charge is 0.387 e. The van der Waals surface area contributed by atoms with Gasteiger partial charge >= 0.3 is 36.5 Å². The topological polar surface area (TPSA) is 445 Å². The third kappa shape index (κ3) is 9.13. The van der Waals surface area contributed by atoms with Crippen LogP contribution in [0.5, 0.6) is 0 Å². The number of phosphoric ester groups is 1. The van der Waals surface area contributed by atoms with Crippen molar-refractivity contribution in [3.63, 3.8) is 0 Å². The van der Waals surface area contributed by atoms with Crippen molar-refractivity contribution in [2.24, 2.45) is 7.05 Å². The van der Waals surface area contributed by atoms with Crippen LogP contribution in [-0.4, -0.2) is 132 Å². The summed E-state index contributed by atoms with van der Waals surface area (Å²) < 4.78 is 88.2. The van der Waals surface area contributed by atoms with Crippen LogP contribution in [0.3, 0.4) is 0 Å². The summed E-state index contributed by atoms with van der Waals surface area (Å²) >= 11 is 0. The van der Waals surface area contributed by atoms with Crippen molar-refractivity contribution >= 4 is 65.1 Å². The minimum absolute atomic E-state index is 0.0133. The lowest BCUT2D eigenvalue weighted by Gasteiger charge is -2.22. The van der Waals surface area contributed by atoms with Gasteiger partial charge in [0.05, 0.1) is 26.6 Å². The largest absolute Gasteiger partial charge is 0.488 e. The third-order valence-electron chi connectivity index (χ3n) is 8.35. The molecule has 0 aromatic carbocycles. The average Bonchev–Trinajstić information content (AvgIpc) is 3.80. The Balaban J connectivity index is 1.04. The number of hydrogen-bond acceptors (Lipinski definition) is 21. The van der Waals surface area contributed by atoms with E-state index in [0.29, 0.717) is 0 Å². The molecule has 6 heterocycles. The van der Waals surface area contributed by atoms with Crippen molar-refractivity contribution in [2.45, 2.75) is 49.1 Å². The summed E-state index contributed by atoms with van der Waals surface area (Å²) in [5, 5.41) is 31.8. The zero-order chi connectivity index (χ0) is 42.0. The molecule has 2 aliphatic heterocycles. The lowest BCUT2D eigenvalue weighted by atomic mass is 10.1. The van der Waals surface area contributed by atoms with E-state index in [0.717, 1.165) is 10.9 Å². The number of nitrogens with one attached hydrogen (secondary N) is 2. The standard InChI is InChI=1S/C23H34N10O20P4/c1-31-6-33(17-11(31)19(38)30-23(25)28-17)21-15(47-2)13(35)9(51-21)3-48-54(39,40)7-55(41,42)52-57(45,46)53-56(43,44)49-4-8-12(34)14(36)20(50-8)32-5-26-10-16(32)27-22(24)29-18(10)37/h5-6,8-9,12-15,20-21,34-36H,3-4,7H2,1-2H3,(H9-,24,25,27,28,29,30,37,38,39,40,41,42,43,44,45,46)/p+1/t8-,9-,12-,13-,14-,15-,20-,21-/m1/s1. The summed E-state index contributed by atoms with van der Waals surface area (Å²) in [5.41, 5.74) is 9.55. The molecule has 57 heavy (non-hydrogen) atoms. The SMILES string of the molecule is CO[C@@H]1[C@H](O)[C@@H](COP(=O)(O)CP(=O)(O)OP(=O)(O)OP(=O)(O)OC[C@H]2O[C@@H](n3cnc4c(=O)[nH]c(N)nc43)[C@H](O)[C@@H]2O)O[C@H]1[n+]1cn(C)c2c(=O)[nH]c(N)nc21. The molecule has 4 aromatic rings. The highest BCUT2D eigenvalue weighted by Crippen LogP contribution is 2.70. The van der Waals surface area contributed by atoms with Crippen molar-refractivity contribution in [1.29, 1.82) is 0 Å². The fraction of sp³-hybridized carbons (Fsp3) is 0.565. The molecule has 0 saturated carbocycles. The fourth-order valence-corrected chi connectivity index (χ4v) is 12.4. The molecule has 34 heteroatoms. The number of aromatic amines is 2. The van der Waals surface area contributed by atoms with E-state index in [4.69, 9.17) is 30.2 Å². The zero-order valence-electron chi connectivity index (χ0n) is 29.0. The fourth-order valence-electron chi connectivity index (χ4n) is 6.00. The number of anilines is 2. The van der Waals surface area contributed by atoms with Gasteiger partial charge in [-0.05, 0) is 0 Å². The van der Waals surface area contributed by atoms with Gasteiger partial charge in [-0.2, -0.15) is 9.29 Å². The van der Waals surface area contributed by atoms with Gasteiger partial charge in [-0.15, -0.1) is 0 Å². The number of fused-ring (bicyclic) bond motifs is 2. The Morgan fingerprint density at radius 1 is 0.860 bits per heavy atom. The molecule has 6 rings (SSSR count). The molecule has 2 fully saturated rings. The van der Waals surface area contributed by atoms with Gasteiger partial charge < -0.3 is 65.1 Å². The molecule has 2 saturated heterocycles. The van der Waals surface area contributed by atoms with E-state index in [1.54, 1.807) is 0 Å². The Labute approximate surface area is 315 Å². The minimum atomic E-state index is -6.11. The summed E-state index contributed by atoms with van der Waals surface area (Å²) in [5.74, 6) is -2.47. The van der Waals surface area contributed by atoms with Crippen LogP contribution in [0.4, 0.5) is 11.9 Å². The van der Waals surface area contributed by atoms with E-state index in [-0.39, 0.29) is 34.2 Å². The number of imidazole rings is 2. The van der Waals surface area contributed by atoms with E-state index in [1.807, 2.05) is 0 Å². The third-order valence-corrected chi connectivity index (χ3v) is 15.7. The highest BCUT2D eigenvalue weighted by atomic mass is 31.3. The highest BCUT2D eigenvalue weighted by Gasteiger charge is 2.51. The second-order valence-corrected chi connectivity index (χ2v) is 19.8. The molecule has 2 aliphatic rings. The van der Waals surface area contributed by atoms with Gasteiger partial charge in [0.25, 0.3) is 17.1 Å². The van der Waals surface area contributed by atoms with Crippen molar-refractivity contribution in [3.05, 3.63) is 33.4 Å². The number of hydrogen-bond donors (Lipinski definition) is 11. The molecule has 0 bridgehead atoms. The number of rotatable bonds is 15. The Morgan fingerprint density at radius 3 is 2.18 bits per heavy atom. The van der Waals surface area contributed by atoms with Crippen molar-refractivity contribution < 1.29 is 89.6 Å². The van der Waals surface area contributed by atoms with Crippen LogP contribution in [0.25, 0.3) is 22.3 Å². The monoisotopic (exact) mass is 895 g/mol. The Hall–Kier alpha value is -3.34. The predicted octanol–water partition coefficient (Wildman–Crippen LogP) is -3.67. The van der Waals surface area contributed by atoms with Crippen molar-refractivity contribution in [3.8, 4) is 0 Å². The van der Waals surface area contributed by atoms with Gasteiger partial charge in [-0.3, -0.25) is 42.3 Å². The number of H-pyrrole nitrogens is 2. The van der Waals surface area contributed by atoms with Gasteiger partial charge in [-0.25, -0.2) is 23.0 Å². The minimum Gasteiger partial charge on any atom is -0.387 e. The molecule has 0 aliphatic carbocycles. The number of aromatic nitrogens is 8. The molecule has 4 unspecified atom stereocenters. The predicted molar refractivity (Wildman–Crippen MR) is 183 cm³/mol. The molecule has 12 atom stereocenters. The van der Waals surface area contributed by atoms with Crippen LogP contribution in [0.2, 0.25) is 0 Å². The zero-order valence-corrected chi connectivity index (χ0v) is 32.5. The van der Waals surface area contributed by atoms with E-state index in [9.17, 15) is 62.7 Å². The number of nitrogen functional groups attached to an aromatic ring is 2. The summed E-state index contributed by atoms with van der Waals surface area (Å²) in [4.78, 5) is 81.4. The van der Waals surface area contributed by atoms with Crippen LogP contribution in [0, 0.1) is 0 Å². The first-order valence-electron chi connectivity index (χ1n) is 15.8. The number of nitrogens with two attached hydrogens (primary N) is 2. The van der Waals surface area contributed by atoms with Crippen LogP contribution >= 0.6 is 30.8 Å². The molecule has 13 N–H and O–H groups in total. The van der Waals surface area contributed by atoms with Crippen LogP contribution in [0.15, 0.2) is 22.2 Å². The van der Waals surface area contributed by atoms with Gasteiger partial charge in [0.2, 0.25) is 17.7 Å². The maximum atomic E-state index is 12.8. The van der Waals surface area contributed by atoms with E-state index >= 15 is 0 Å². The van der Waals surface area contributed by atoms with Gasteiger partial charge in [-0.1, -0.05) is 4.98 Å². The van der Waals surface area contributed by atoms with Gasteiger partial charge in [0.1, 0.15) is 36.6 Å². The highest BCUT2D eigenvalue weighted by molar-refractivity contribution is 7.75. The van der Waals surface area contributed by atoms with Crippen LogP contribution < -0.4 is 27.2 Å². The quantitative estimate of drug-likeness (QED) is 0.0404. The van der Waals surface area contributed by atoms with E-state index in [1.165, 1.54) is 29.6 Å². The first-order valence-corrected chi connectivity index (χ1v) is 22.3. The van der Waals surface area contributed by atoms with E-state index < -0.39 is 110 Å². The number of aryl methyl sites for hydroxylation is 1. The molecule has 316 valence electrons. The molecular weight excluding hydrogens is 860 g/mol. The number of aliphatic hydroxyl groups is 3. The summed E-state index contributed by atoms with van der Waals surface area (Å²) in [6.45, 7) is -2.09. The van der Waals surface area contributed by atoms with Gasteiger partial charge in [0, 0.05) is 7.11 Å². The summed E-state index contributed by atoms with van der Waals surface area (Å²) in [6, 6.07) is 0. The number of aliphatic hydroxyl groups excluding tert-OH is 3. The van der Waals surface area contributed by atoms with Crippen molar-refractivity contribution in [2.75, 3.05) is 37.7 Å². The van der Waals surface area contributed by atoms with Crippen molar-refractivity contribution in [1.82, 2.24) is 34.1 Å². The Bertz CT molecular complexity index is 2490. The Kier molecular flexibility index (Phi) is 11.9. The lowest BCUT2D eigenvalue weighted by Crippen LogP contribution is -2.47. The summed E-state index contributed by atoms with van der Waals surface area (Å²) in [6.07, 6.45) is -9.92. The average molecular weight is 895 g/mol. The maximum absolute atomic E-state index is 12.8. The molecule has 0 spiro atoms. The van der Waals surface area contributed by atoms with Crippen LogP contribution in [-0.2, 0) is 57.2 Å². The van der Waals surface area contributed by atoms with Gasteiger partial charge in [0.15, 0.2) is 29.6 Å². The number of phosphoric acid groups is 2. The first kappa shape index (κ1) is 43.2. The number of ether oxygens (including phenoxy) is 3. The molecule has 0 radical (unpaired) electrons. The molecule has 0 amide bonds. The Morgan fingerprint density at radius 2 is 1.49 bits per heavy atom. The molecule has 4 aromatic heterocycles. The second-order valence-electron chi connectivity index (χ2n) is 12.4. The van der Waals surface area contributed by atoms with E-state index in [2.05, 4.69) is 38.1 Å². The number of methoxy groups -OCH3 is 1. The van der Waals surface area contributed by atoms with Crippen LogP contribution in [0.1, 0.15) is 12.5 Å². The second kappa shape index (κ2) is 15.7. The lowest BCUT2D eigenvalue weighted by molar-refractivity contribution is -0.746. The number of nitrogens with zero attached hydrogens (tertiary/aromatic N) is 6. The molecule has 30 nitrogen and oxygen atoms in total. The molecular formula is C23H35N10O20P4+. The normalized spacial score (nSPS) is 29.6. The first-order chi connectivity index (χ1) is 26.4. The summed E-state index contributed by atoms with van der Waals surface area (Å²) in [7, 11) is -20.2.